The van der Waals surface area contributed by atoms with Gasteiger partial charge in [-0.3, -0.25) is 9.59 Å². The van der Waals surface area contributed by atoms with Gasteiger partial charge in [-0.1, -0.05) is 77.4 Å². The molecule has 0 saturated carbocycles. The number of Topliss-reactive ketones (excluding diaryl/α,β-unsaturated/α-hetero) is 2. The summed E-state index contributed by atoms with van der Waals surface area (Å²) in [5.74, 6) is 0.414. The van der Waals surface area contributed by atoms with Crippen molar-refractivity contribution in [2.45, 2.75) is 74.1 Å². The van der Waals surface area contributed by atoms with E-state index in [2.05, 4.69) is 32.6 Å². The maximum absolute atomic E-state index is 14.7. The van der Waals surface area contributed by atoms with Crippen LogP contribution in [-0.2, 0) is 14.3 Å². The molecule has 1 aromatic carbocycles. The summed E-state index contributed by atoms with van der Waals surface area (Å²) in [7, 11) is 3.07. The average Bonchev–Trinajstić information content (AvgIpc) is 2.89. The molecule has 0 amide bonds. The summed E-state index contributed by atoms with van der Waals surface area (Å²) in [6.07, 6.45) is 8.29. The van der Waals surface area contributed by atoms with Crippen LogP contribution in [0.5, 0.6) is 0 Å². The van der Waals surface area contributed by atoms with Gasteiger partial charge in [0.25, 0.3) is 0 Å². The average molecular weight is 531 g/mol. The minimum absolute atomic E-state index is 0.0152. The van der Waals surface area contributed by atoms with Gasteiger partial charge in [-0.15, -0.1) is 0 Å². The van der Waals surface area contributed by atoms with Crippen molar-refractivity contribution in [2.75, 3.05) is 14.2 Å². The monoisotopic (exact) mass is 530 g/mol. The molecule has 4 heteroatoms. The lowest BCUT2D eigenvalue weighted by Gasteiger charge is -2.41. The molecule has 1 aliphatic carbocycles. The first-order valence-corrected chi connectivity index (χ1v) is 13.7. The lowest BCUT2D eigenvalue weighted by Crippen LogP contribution is -2.42. The molecule has 0 heterocycles. The van der Waals surface area contributed by atoms with Crippen LogP contribution >= 0.6 is 0 Å². The molecule has 2 rings (SSSR count). The molecule has 0 fully saturated rings. The lowest BCUT2D eigenvalue weighted by atomic mass is 9.63. The fourth-order valence-electron chi connectivity index (χ4n) is 5.03. The highest BCUT2D eigenvalue weighted by Crippen LogP contribution is 2.51. The smallest absolute Gasteiger partial charge is 0.200 e. The highest BCUT2D eigenvalue weighted by molar-refractivity contribution is 6.16. The molecule has 0 bridgehead atoms. The van der Waals surface area contributed by atoms with Gasteiger partial charge < -0.3 is 9.47 Å². The normalized spacial score (nSPS) is 17.8. The lowest BCUT2D eigenvalue weighted by molar-refractivity contribution is -0.126. The van der Waals surface area contributed by atoms with Gasteiger partial charge >= 0.3 is 0 Å². The minimum atomic E-state index is -1.09. The maximum atomic E-state index is 14.7. The van der Waals surface area contributed by atoms with Crippen molar-refractivity contribution < 1.29 is 19.1 Å². The van der Waals surface area contributed by atoms with Crippen LogP contribution in [0.3, 0.4) is 0 Å². The molecular formula is C35H46O4. The van der Waals surface area contributed by atoms with Crippen LogP contribution in [0.4, 0.5) is 0 Å². The van der Waals surface area contributed by atoms with E-state index < -0.39 is 5.41 Å². The summed E-state index contributed by atoms with van der Waals surface area (Å²) in [5.41, 5.74) is 4.65. The number of carbonyl (C=O) groups excluding carboxylic acids is 2. The molecule has 0 spiro atoms. The van der Waals surface area contributed by atoms with E-state index in [1.165, 1.54) is 12.7 Å². The number of hydrogen-bond donors (Lipinski definition) is 0. The second-order valence-electron chi connectivity index (χ2n) is 11.3. The summed E-state index contributed by atoms with van der Waals surface area (Å²) >= 11 is 0. The van der Waals surface area contributed by atoms with Gasteiger partial charge in [0, 0.05) is 11.1 Å². The zero-order valence-corrected chi connectivity index (χ0v) is 25.4. The van der Waals surface area contributed by atoms with Crippen LogP contribution in [-0.4, -0.2) is 25.8 Å². The highest BCUT2D eigenvalue weighted by atomic mass is 16.5. The standard InChI is InChI=1S/C35H46O4/c1-23(2)16-18-28(26(7)8)22-35(21-20-25(5)6)33(37)29(19-17-24(3)4)32(38-9)30(34(35)39-10)31(36)27-14-12-11-13-15-27/h11-17,20,28H,7,18-19,21-22H2,1-6,8-10H3. The van der Waals surface area contributed by atoms with Crippen LogP contribution in [0.25, 0.3) is 0 Å². The minimum Gasteiger partial charge on any atom is -0.499 e. The van der Waals surface area contributed by atoms with Gasteiger partial charge in [0.1, 0.15) is 17.1 Å². The van der Waals surface area contributed by atoms with Crippen LogP contribution in [0.15, 0.2) is 100 Å². The van der Waals surface area contributed by atoms with Crippen LogP contribution in [0.1, 0.15) is 84.5 Å². The van der Waals surface area contributed by atoms with E-state index in [1.54, 1.807) is 19.2 Å². The Morgan fingerprint density at radius 3 is 1.97 bits per heavy atom. The van der Waals surface area contributed by atoms with E-state index in [4.69, 9.17) is 9.47 Å². The summed E-state index contributed by atoms with van der Waals surface area (Å²) < 4.78 is 12.0. The Kier molecular flexibility index (Phi) is 11.5. The first-order chi connectivity index (χ1) is 18.4. The predicted molar refractivity (Wildman–Crippen MR) is 161 cm³/mol. The summed E-state index contributed by atoms with van der Waals surface area (Å²) in [6.45, 7) is 18.5. The number of rotatable bonds is 13. The summed E-state index contributed by atoms with van der Waals surface area (Å²) in [6, 6.07) is 9.11. The van der Waals surface area contributed by atoms with Crippen LogP contribution < -0.4 is 0 Å². The Morgan fingerprint density at radius 2 is 1.49 bits per heavy atom. The second-order valence-corrected chi connectivity index (χ2v) is 11.3. The Bertz CT molecular complexity index is 1220. The molecule has 0 aromatic heterocycles. The van der Waals surface area contributed by atoms with E-state index in [0.717, 1.165) is 23.1 Å². The molecule has 0 N–H and O–H groups in total. The van der Waals surface area contributed by atoms with Crippen molar-refractivity contribution in [3.05, 3.63) is 106 Å². The van der Waals surface area contributed by atoms with Gasteiger partial charge in [-0.05, 0) is 80.1 Å². The number of benzene rings is 1. The maximum Gasteiger partial charge on any atom is 0.200 e. The van der Waals surface area contributed by atoms with Crippen molar-refractivity contribution in [2.24, 2.45) is 11.3 Å². The van der Waals surface area contributed by atoms with Gasteiger partial charge in [-0.25, -0.2) is 0 Å². The van der Waals surface area contributed by atoms with E-state index in [1.807, 2.05) is 58.9 Å². The molecule has 2 atom stereocenters. The van der Waals surface area contributed by atoms with E-state index in [9.17, 15) is 9.59 Å². The third-order valence-corrected chi connectivity index (χ3v) is 7.22. The number of methoxy groups -OCH3 is 2. The van der Waals surface area contributed by atoms with Crippen molar-refractivity contribution in [1.29, 1.82) is 0 Å². The van der Waals surface area contributed by atoms with E-state index >= 15 is 0 Å². The molecular weight excluding hydrogens is 484 g/mol. The number of ketones is 2. The Morgan fingerprint density at radius 1 is 0.897 bits per heavy atom. The zero-order chi connectivity index (χ0) is 29.3. The number of carbonyl (C=O) groups is 2. The molecule has 2 unspecified atom stereocenters. The second kappa shape index (κ2) is 14.1. The first-order valence-electron chi connectivity index (χ1n) is 13.7. The van der Waals surface area contributed by atoms with Crippen molar-refractivity contribution in [3.63, 3.8) is 0 Å². The van der Waals surface area contributed by atoms with Gasteiger partial charge in [0.05, 0.1) is 19.6 Å². The Hall–Kier alpha value is -3.40. The molecule has 210 valence electrons. The topological polar surface area (TPSA) is 52.6 Å². The van der Waals surface area contributed by atoms with Crippen LogP contribution in [0.2, 0.25) is 0 Å². The third kappa shape index (κ3) is 7.59. The molecule has 0 saturated heterocycles. The quantitative estimate of drug-likeness (QED) is 0.189. The fraction of sp³-hybridized carbons (Fsp3) is 0.429. The number of ether oxygens (including phenoxy) is 2. The molecule has 0 radical (unpaired) electrons. The zero-order valence-electron chi connectivity index (χ0n) is 25.4. The first kappa shape index (κ1) is 31.8. The number of hydrogen-bond acceptors (Lipinski definition) is 4. The third-order valence-electron chi connectivity index (χ3n) is 7.22. The fourth-order valence-corrected chi connectivity index (χ4v) is 5.03. The van der Waals surface area contributed by atoms with E-state index in [0.29, 0.717) is 47.5 Å². The SMILES string of the molecule is C=C(C)C(CC=C(C)C)CC1(CC=C(C)C)C(=O)C(CC=C(C)C)=C(OC)C(C(=O)c2ccccc2)=C1OC. The largest absolute Gasteiger partial charge is 0.499 e. The molecule has 39 heavy (non-hydrogen) atoms. The van der Waals surface area contributed by atoms with Gasteiger partial charge in [-0.2, -0.15) is 0 Å². The predicted octanol–water partition coefficient (Wildman–Crippen LogP) is 8.89. The van der Waals surface area contributed by atoms with Crippen LogP contribution in [0, 0.1) is 11.3 Å². The number of allylic oxidation sites excluding steroid dienone is 10. The van der Waals surface area contributed by atoms with Gasteiger partial charge in [0.15, 0.2) is 11.6 Å². The summed E-state index contributed by atoms with van der Waals surface area (Å²) in [4.78, 5) is 28.9. The van der Waals surface area contributed by atoms with E-state index in [-0.39, 0.29) is 17.5 Å². The molecule has 4 nitrogen and oxygen atoms in total. The molecule has 1 aromatic rings. The Labute approximate surface area is 235 Å². The molecule has 0 aliphatic heterocycles. The van der Waals surface area contributed by atoms with Gasteiger partial charge in [0.2, 0.25) is 0 Å². The van der Waals surface area contributed by atoms with Crippen molar-refractivity contribution >= 4 is 11.6 Å². The van der Waals surface area contributed by atoms with Crippen molar-refractivity contribution in [1.82, 2.24) is 0 Å². The van der Waals surface area contributed by atoms with Crippen molar-refractivity contribution in [3.8, 4) is 0 Å². The molecule has 1 aliphatic rings. The summed E-state index contributed by atoms with van der Waals surface area (Å²) in [5, 5.41) is 0. The Balaban J connectivity index is 3.00. The highest BCUT2D eigenvalue weighted by Gasteiger charge is 2.52.